The van der Waals surface area contributed by atoms with Gasteiger partial charge in [-0.3, -0.25) is 0 Å². The Hall–Kier alpha value is -1.02. The van der Waals surface area contributed by atoms with Crippen molar-refractivity contribution in [3.63, 3.8) is 0 Å². The van der Waals surface area contributed by atoms with Crippen LogP contribution in [0.1, 0.15) is 31.9 Å². The summed E-state index contributed by atoms with van der Waals surface area (Å²) in [5, 5.41) is 9.85. The van der Waals surface area contributed by atoms with Crippen molar-refractivity contribution in [1.82, 2.24) is 4.31 Å². The van der Waals surface area contributed by atoms with Gasteiger partial charge in [-0.05, 0) is 38.0 Å². The summed E-state index contributed by atoms with van der Waals surface area (Å²) in [6.07, 6.45) is -0.432. The summed E-state index contributed by atoms with van der Waals surface area (Å²) < 4.78 is 44.6. The van der Waals surface area contributed by atoms with Crippen LogP contribution in [0.4, 0.5) is 4.39 Å². The molecule has 1 saturated heterocycles. The second-order valence-electron chi connectivity index (χ2n) is 5.76. The van der Waals surface area contributed by atoms with E-state index in [2.05, 4.69) is 0 Å². The molecule has 2 atom stereocenters. The van der Waals surface area contributed by atoms with Crippen LogP contribution >= 0.6 is 0 Å². The third kappa shape index (κ3) is 4.25. The van der Waals surface area contributed by atoms with Crippen LogP contribution in [0.2, 0.25) is 0 Å². The Morgan fingerprint density at radius 1 is 1.36 bits per heavy atom. The molecule has 7 heteroatoms. The maximum Gasteiger partial charge on any atom is 0.217 e. The highest BCUT2D eigenvalue weighted by molar-refractivity contribution is 7.89. The smallest absolute Gasteiger partial charge is 0.217 e. The summed E-state index contributed by atoms with van der Waals surface area (Å²) >= 11 is 0. The van der Waals surface area contributed by atoms with Gasteiger partial charge in [0.2, 0.25) is 10.0 Å². The largest absolute Gasteiger partial charge is 0.392 e. The highest BCUT2D eigenvalue weighted by atomic mass is 32.2. The SMILES string of the molecule is CC(C)OCCS(=O)(=O)N1C[C@H](O)C[C@@H]1c1ccc(F)cc1. The second-order valence-corrected chi connectivity index (χ2v) is 7.80. The maximum absolute atomic E-state index is 13.0. The Bertz CT molecular complexity index is 588. The summed E-state index contributed by atoms with van der Waals surface area (Å²) in [5.41, 5.74) is 0.686. The lowest BCUT2D eigenvalue weighted by atomic mass is 10.0. The molecular weight excluding hydrogens is 309 g/mol. The number of hydrogen-bond acceptors (Lipinski definition) is 4. The molecule has 5 nitrogen and oxygen atoms in total. The zero-order chi connectivity index (χ0) is 16.3. The molecule has 0 spiro atoms. The first-order valence-corrected chi connectivity index (χ1v) is 8.95. The van der Waals surface area contributed by atoms with Crippen LogP contribution in [0.5, 0.6) is 0 Å². The fraction of sp³-hybridized carbons (Fsp3) is 0.600. The van der Waals surface area contributed by atoms with E-state index < -0.39 is 22.2 Å². The van der Waals surface area contributed by atoms with E-state index in [9.17, 15) is 17.9 Å². The second kappa shape index (κ2) is 7.04. The molecular formula is C15H22FNO4S. The van der Waals surface area contributed by atoms with E-state index in [4.69, 9.17) is 4.74 Å². The summed E-state index contributed by atoms with van der Waals surface area (Å²) in [7, 11) is -3.54. The van der Waals surface area contributed by atoms with Crippen LogP contribution in [-0.4, -0.2) is 48.9 Å². The Labute approximate surface area is 130 Å². The monoisotopic (exact) mass is 331 g/mol. The molecule has 0 amide bonds. The van der Waals surface area contributed by atoms with Crippen LogP contribution in [0.3, 0.4) is 0 Å². The molecule has 1 aliphatic heterocycles. The predicted molar refractivity (Wildman–Crippen MR) is 81.3 cm³/mol. The molecule has 0 radical (unpaired) electrons. The van der Waals surface area contributed by atoms with Gasteiger partial charge in [0.1, 0.15) is 5.82 Å². The van der Waals surface area contributed by atoms with Crippen molar-refractivity contribution in [1.29, 1.82) is 0 Å². The zero-order valence-corrected chi connectivity index (χ0v) is 13.6. The Balaban J connectivity index is 2.14. The van der Waals surface area contributed by atoms with Gasteiger partial charge >= 0.3 is 0 Å². The standard InChI is InChI=1S/C15H22FNO4S/c1-11(2)21-7-8-22(19,20)17-10-14(18)9-15(17)12-3-5-13(16)6-4-12/h3-6,11,14-15,18H,7-10H2,1-2H3/t14-,15-/m1/s1. The van der Waals surface area contributed by atoms with Crippen molar-refractivity contribution < 1.29 is 22.7 Å². The molecule has 1 N–H and O–H groups in total. The predicted octanol–water partition coefficient (Wildman–Crippen LogP) is 1.69. The number of rotatable bonds is 6. The first-order chi connectivity index (χ1) is 10.3. The number of aliphatic hydroxyl groups is 1. The number of aliphatic hydroxyl groups excluding tert-OH is 1. The molecule has 0 unspecified atom stereocenters. The highest BCUT2D eigenvalue weighted by Crippen LogP contribution is 2.34. The molecule has 1 aromatic carbocycles. The molecule has 1 fully saturated rings. The summed E-state index contributed by atoms with van der Waals surface area (Å²) in [5.74, 6) is -0.502. The number of halogens is 1. The van der Waals surface area contributed by atoms with Gasteiger partial charge in [-0.25, -0.2) is 12.8 Å². The number of benzene rings is 1. The lowest BCUT2D eigenvalue weighted by Gasteiger charge is -2.24. The molecule has 22 heavy (non-hydrogen) atoms. The van der Waals surface area contributed by atoms with Gasteiger partial charge in [0.25, 0.3) is 0 Å². The minimum Gasteiger partial charge on any atom is -0.392 e. The molecule has 0 aromatic heterocycles. The van der Waals surface area contributed by atoms with Crippen molar-refractivity contribution in [2.24, 2.45) is 0 Å². The molecule has 0 bridgehead atoms. The first kappa shape index (κ1) is 17.3. The molecule has 1 aliphatic rings. The maximum atomic E-state index is 13.0. The van der Waals surface area contributed by atoms with Gasteiger partial charge in [-0.1, -0.05) is 12.1 Å². The van der Waals surface area contributed by atoms with Crippen molar-refractivity contribution in [3.8, 4) is 0 Å². The highest BCUT2D eigenvalue weighted by Gasteiger charge is 2.39. The van der Waals surface area contributed by atoms with Crippen molar-refractivity contribution in [3.05, 3.63) is 35.6 Å². The molecule has 0 saturated carbocycles. The minimum atomic E-state index is -3.54. The lowest BCUT2D eigenvalue weighted by Crippen LogP contribution is -2.35. The molecule has 0 aliphatic carbocycles. The van der Waals surface area contributed by atoms with Crippen molar-refractivity contribution in [2.45, 2.75) is 38.5 Å². The average molecular weight is 331 g/mol. The number of sulfonamides is 1. The molecule has 1 heterocycles. The number of ether oxygens (including phenoxy) is 1. The van der Waals surface area contributed by atoms with Gasteiger partial charge in [0.15, 0.2) is 0 Å². The molecule has 2 rings (SSSR count). The number of hydrogen-bond donors (Lipinski definition) is 1. The zero-order valence-electron chi connectivity index (χ0n) is 12.8. The van der Waals surface area contributed by atoms with Gasteiger partial charge in [-0.15, -0.1) is 0 Å². The Morgan fingerprint density at radius 2 is 2.00 bits per heavy atom. The van der Waals surface area contributed by atoms with E-state index in [0.717, 1.165) is 0 Å². The van der Waals surface area contributed by atoms with Crippen molar-refractivity contribution in [2.75, 3.05) is 18.9 Å². The van der Waals surface area contributed by atoms with Crippen LogP contribution < -0.4 is 0 Å². The van der Waals surface area contributed by atoms with Gasteiger partial charge in [0.05, 0.1) is 30.6 Å². The quantitative estimate of drug-likeness (QED) is 0.861. The van der Waals surface area contributed by atoms with Crippen LogP contribution in [0.25, 0.3) is 0 Å². The van der Waals surface area contributed by atoms with Crippen LogP contribution in [-0.2, 0) is 14.8 Å². The van der Waals surface area contributed by atoms with Crippen LogP contribution in [0.15, 0.2) is 24.3 Å². The number of β-amino-alcohol motifs (C(OH)–C–C–N with tert-alkyl or cyclic N) is 1. The van der Waals surface area contributed by atoms with E-state index in [1.807, 2.05) is 13.8 Å². The normalized spacial score (nSPS) is 23.3. The van der Waals surface area contributed by atoms with Crippen LogP contribution in [0, 0.1) is 5.82 Å². The first-order valence-electron chi connectivity index (χ1n) is 7.34. The van der Waals surface area contributed by atoms with E-state index in [0.29, 0.717) is 12.0 Å². The fourth-order valence-electron chi connectivity index (χ4n) is 2.59. The van der Waals surface area contributed by atoms with Gasteiger partial charge < -0.3 is 9.84 Å². The third-order valence-corrected chi connectivity index (χ3v) is 5.44. The molecule has 1 aromatic rings. The summed E-state index contributed by atoms with van der Waals surface area (Å²) in [4.78, 5) is 0. The minimum absolute atomic E-state index is 0.0349. The topological polar surface area (TPSA) is 66.8 Å². The van der Waals surface area contributed by atoms with E-state index in [1.165, 1.54) is 16.4 Å². The van der Waals surface area contributed by atoms with E-state index >= 15 is 0 Å². The summed E-state index contributed by atoms with van der Waals surface area (Å²) in [6.45, 7) is 3.86. The van der Waals surface area contributed by atoms with E-state index in [1.54, 1.807) is 12.1 Å². The third-order valence-electron chi connectivity index (χ3n) is 3.64. The Kier molecular flexibility index (Phi) is 5.55. The van der Waals surface area contributed by atoms with Crippen molar-refractivity contribution >= 4 is 10.0 Å². The molecule has 124 valence electrons. The number of nitrogens with zero attached hydrogens (tertiary/aromatic N) is 1. The summed E-state index contributed by atoms with van der Waals surface area (Å²) in [6, 6.07) is 5.26. The fourth-order valence-corrected chi connectivity index (χ4v) is 4.12. The Morgan fingerprint density at radius 3 is 2.59 bits per heavy atom. The van der Waals surface area contributed by atoms with Gasteiger partial charge in [-0.2, -0.15) is 4.31 Å². The average Bonchev–Trinajstić information content (AvgIpc) is 2.82. The lowest BCUT2D eigenvalue weighted by molar-refractivity contribution is 0.0905. The van der Waals surface area contributed by atoms with E-state index in [-0.39, 0.29) is 30.8 Å². The van der Waals surface area contributed by atoms with Gasteiger partial charge in [0, 0.05) is 6.54 Å².